The fraction of sp³-hybridized carbons (Fsp3) is 0.0625. The number of rotatable bonds is 2. The molecule has 2 N–H and O–H groups in total. The lowest BCUT2D eigenvalue weighted by Gasteiger charge is -2.02. The Hall–Kier alpha value is -1.97. The number of aromatic nitrogens is 2. The maximum atomic E-state index is 6.07. The average molecular weight is 318 g/mol. The summed E-state index contributed by atoms with van der Waals surface area (Å²) in [6, 6.07) is 13.4. The molecule has 106 valence electrons. The Balaban J connectivity index is 2.05. The minimum absolute atomic E-state index is 0.485. The Kier molecular flexibility index (Phi) is 3.62. The van der Waals surface area contributed by atoms with E-state index in [1.165, 1.54) is 5.56 Å². The number of halogens is 2. The summed E-state index contributed by atoms with van der Waals surface area (Å²) < 4.78 is 1.76. The van der Waals surface area contributed by atoms with Gasteiger partial charge >= 0.3 is 0 Å². The number of hydrogen-bond donors (Lipinski definition) is 1. The number of nitrogens with zero attached hydrogens (tertiary/aromatic N) is 2. The van der Waals surface area contributed by atoms with Gasteiger partial charge in [-0.15, -0.1) is 0 Å². The Morgan fingerprint density at radius 2 is 1.71 bits per heavy atom. The fourth-order valence-electron chi connectivity index (χ4n) is 2.08. The topological polar surface area (TPSA) is 43.8 Å². The molecule has 2 aromatic carbocycles. The molecule has 3 rings (SSSR count). The third kappa shape index (κ3) is 2.75. The highest BCUT2D eigenvalue weighted by Gasteiger charge is 2.11. The van der Waals surface area contributed by atoms with Crippen molar-refractivity contribution in [2.75, 3.05) is 5.73 Å². The van der Waals surface area contributed by atoms with Crippen LogP contribution in [0.1, 0.15) is 5.56 Å². The molecule has 1 aromatic heterocycles. The minimum Gasteiger partial charge on any atom is -0.396 e. The van der Waals surface area contributed by atoms with E-state index in [1.807, 2.05) is 37.3 Å². The lowest BCUT2D eigenvalue weighted by molar-refractivity contribution is 0.884. The molecular weight excluding hydrogens is 305 g/mol. The normalized spacial score (nSPS) is 10.8. The van der Waals surface area contributed by atoms with Gasteiger partial charge in [-0.2, -0.15) is 5.10 Å². The maximum absolute atomic E-state index is 6.07. The van der Waals surface area contributed by atoms with E-state index in [4.69, 9.17) is 28.9 Å². The first-order valence-electron chi connectivity index (χ1n) is 6.42. The van der Waals surface area contributed by atoms with Gasteiger partial charge < -0.3 is 5.73 Å². The molecule has 0 aliphatic carbocycles. The van der Waals surface area contributed by atoms with Crippen LogP contribution in [0.5, 0.6) is 0 Å². The van der Waals surface area contributed by atoms with Crippen LogP contribution in [0.15, 0.2) is 48.7 Å². The van der Waals surface area contributed by atoms with Crippen LogP contribution in [0.3, 0.4) is 0 Å². The van der Waals surface area contributed by atoms with E-state index >= 15 is 0 Å². The molecule has 0 bridgehead atoms. The Morgan fingerprint density at radius 1 is 1.00 bits per heavy atom. The van der Waals surface area contributed by atoms with Gasteiger partial charge in [0.2, 0.25) is 0 Å². The van der Waals surface area contributed by atoms with E-state index in [9.17, 15) is 0 Å². The monoisotopic (exact) mass is 317 g/mol. The number of nitrogens with two attached hydrogens (primary N) is 1. The highest BCUT2D eigenvalue weighted by molar-refractivity contribution is 6.42. The highest BCUT2D eigenvalue weighted by atomic mass is 35.5. The molecule has 0 atom stereocenters. The molecule has 0 fully saturated rings. The van der Waals surface area contributed by atoms with Gasteiger partial charge in [-0.05, 0) is 31.2 Å². The van der Waals surface area contributed by atoms with Crippen LogP contribution < -0.4 is 5.73 Å². The predicted octanol–water partition coefficient (Wildman–Crippen LogP) is 4.74. The number of nitrogen functional groups attached to an aromatic ring is 1. The molecule has 1 heterocycles. The summed E-state index contributed by atoms with van der Waals surface area (Å²) in [5, 5.41) is 5.54. The van der Waals surface area contributed by atoms with Crippen molar-refractivity contribution in [2.45, 2.75) is 6.92 Å². The molecule has 0 saturated heterocycles. The highest BCUT2D eigenvalue weighted by Crippen LogP contribution is 2.31. The number of benzene rings is 2. The van der Waals surface area contributed by atoms with Crippen LogP contribution in [0.25, 0.3) is 16.9 Å². The minimum atomic E-state index is 0.485. The largest absolute Gasteiger partial charge is 0.396 e. The second kappa shape index (κ2) is 5.43. The van der Waals surface area contributed by atoms with Crippen molar-refractivity contribution < 1.29 is 0 Å². The summed E-state index contributed by atoms with van der Waals surface area (Å²) in [6.45, 7) is 2.04. The van der Waals surface area contributed by atoms with E-state index in [0.717, 1.165) is 11.3 Å². The van der Waals surface area contributed by atoms with Gasteiger partial charge in [0.05, 0.1) is 27.6 Å². The van der Waals surface area contributed by atoms with Crippen molar-refractivity contribution in [1.29, 1.82) is 0 Å². The zero-order valence-corrected chi connectivity index (χ0v) is 12.9. The van der Waals surface area contributed by atoms with Crippen molar-refractivity contribution in [3.63, 3.8) is 0 Å². The molecule has 0 unspecified atom stereocenters. The van der Waals surface area contributed by atoms with Crippen molar-refractivity contribution in [3.05, 3.63) is 64.3 Å². The molecule has 0 aliphatic heterocycles. The van der Waals surface area contributed by atoms with Crippen LogP contribution in [0, 0.1) is 6.92 Å². The summed E-state index contributed by atoms with van der Waals surface area (Å²) >= 11 is 12.0. The second-order valence-corrected chi connectivity index (χ2v) is 5.66. The van der Waals surface area contributed by atoms with Crippen LogP contribution in [-0.2, 0) is 0 Å². The molecule has 3 nitrogen and oxygen atoms in total. The van der Waals surface area contributed by atoms with Gasteiger partial charge in [0.15, 0.2) is 0 Å². The quantitative estimate of drug-likeness (QED) is 0.742. The third-order valence-electron chi connectivity index (χ3n) is 3.23. The van der Waals surface area contributed by atoms with E-state index in [0.29, 0.717) is 21.4 Å². The summed E-state index contributed by atoms with van der Waals surface area (Å²) in [5.41, 5.74) is 10.3. The molecular formula is C16H13Cl2N3. The third-order valence-corrected chi connectivity index (χ3v) is 3.97. The number of anilines is 1. The van der Waals surface area contributed by atoms with Gasteiger partial charge in [0.1, 0.15) is 5.69 Å². The molecule has 0 aliphatic rings. The summed E-state index contributed by atoms with van der Waals surface area (Å²) in [6.07, 6.45) is 1.79. The summed E-state index contributed by atoms with van der Waals surface area (Å²) in [4.78, 5) is 0. The van der Waals surface area contributed by atoms with Crippen LogP contribution in [0.4, 0.5) is 5.69 Å². The Morgan fingerprint density at radius 3 is 2.38 bits per heavy atom. The first-order chi connectivity index (χ1) is 10.0. The van der Waals surface area contributed by atoms with E-state index < -0.39 is 0 Å². The second-order valence-electron chi connectivity index (χ2n) is 4.84. The standard InChI is InChI=1S/C16H13Cl2N3/c1-10-2-5-12(6-3-10)21-9-15(19)16(20-21)11-4-7-13(17)14(18)8-11/h2-9H,19H2,1H3. The molecule has 0 amide bonds. The zero-order valence-electron chi connectivity index (χ0n) is 11.3. The fourth-order valence-corrected chi connectivity index (χ4v) is 2.38. The van der Waals surface area contributed by atoms with Gasteiger partial charge in [-0.3, -0.25) is 0 Å². The zero-order chi connectivity index (χ0) is 15.0. The lowest BCUT2D eigenvalue weighted by atomic mass is 10.1. The maximum Gasteiger partial charge on any atom is 0.116 e. The van der Waals surface area contributed by atoms with Gasteiger partial charge in [0, 0.05) is 5.56 Å². The van der Waals surface area contributed by atoms with E-state index in [1.54, 1.807) is 23.0 Å². The first-order valence-corrected chi connectivity index (χ1v) is 7.18. The van der Waals surface area contributed by atoms with Gasteiger partial charge in [-0.25, -0.2) is 4.68 Å². The SMILES string of the molecule is Cc1ccc(-n2cc(N)c(-c3ccc(Cl)c(Cl)c3)n2)cc1. The number of hydrogen-bond acceptors (Lipinski definition) is 2. The van der Waals surface area contributed by atoms with Crippen molar-refractivity contribution >= 4 is 28.9 Å². The average Bonchev–Trinajstić information content (AvgIpc) is 2.85. The Labute approximate surface area is 132 Å². The molecule has 0 spiro atoms. The molecule has 0 saturated carbocycles. The number of aryl methyl sites for hydroxylation is 1. The van der Waals surface area contributed by atoms with E-state index in [-0.39, 0.29) is 0 Å². The Bertz CT molecular complexity index is 792. The summed E-state index contributed by atoms with van der Waals surface area (Å²) in [5.74, 6) is 0. The molecule has 3 aromatic rings. The van der Waals surface area contributed by atoms with Crippen LogP contribution in [-0.4, -0.2) is 9.78 Å². The lowest BCUT2D eigenvalue weighted by Crippen LogP contribution is -1.94. The molecule has 21 heavy (non-hydrogen) atoms. The smallest absolute Gasteiger partial charge is 0.116 e. The first kappa shape index (κ1) is 14.0. The van der Waals surface area contributed by atoms with Crippen molar-refractivity contribution in [3.8, 4) is 16.9 Å². The molecule has 5 heteroatoms. The van der Waals surface area contributed by atoms with Gasteiger partial charge in [0.25, 0.3) is 0 Å². The van der Waals surface area contributed by atoms with E-state index in [2.05, 4.69) is 5.10 Å². The summed E-state index contributed by atoms with van der Waals surface area (Å²) in [7, 11) is 0. The predicted molar refractivity (Wildman–Crippen MR) is 88.2 cm³/mol. The van der Waals surface area contributed by atoms with Crippen LogP contribution >= 0.6 is 23.2 Å². The van der Waals surface area contributed by atoms with Gasteiger partial charge in [-0.1, -0.05) is 47.0 Å². The van der Waals surface area contributed by atoms with Crippen LogP contribution in [0.2, 0.25) is 10.0 Å². The van der Waals surface area contributed by atoms with Crippen molar-refractivity contribution in [1.82, 2.24) is 9.78 Å². The molecule has 0 radical (unpaired) electrons. The van der Waals surface area contributed by atoms with Crippen molar-refractivity contribution in [2.24, 2.45) is 0 Å².